The van der Waals surface area contributed by atoms with Crippen LogP contribution in [0, 0.1) is 6.92 Å². The molecule has 0 fully saturated rings. The van der Waals surface area contributed by atoms with Crippen LogP contribution in [0.1, 0.15) is 25.0 Å². The Bertz CT molecular complexity index is 572. The maximum atomic E-state index is 11.7. The second-order valence-electron chi connectivity index (χ2n) is 3.26. The van der Waals surface area contributed by atoms with Gasteiger partial charge in [-0.1, -0.05) is 5.16 Å². The first-order chi connectivity index (χ1) is 8.06. The second-order valence-corrected chi connectivity index (χ2v) is 4.34. The summed E-state index contributed by atoms with van der Waals surface area (Å²) in [5.74, 6) is -1.24. The Hall–Kier alpha value is -2.15. The molecular formula is C10H8N2O4S. The number of amides is 1. The van der Waals surface area contributed by atoms with Crippen molar-refractivity contribution >= 4 is 29.1 Å². The van der Waals surface area contributed by atoms with Crippen molar-refractivity contribution in [3.63, 3.8) is 0 Å². The zero-order chi connectivity index (χ0) is 12.4. The Balaban J connectivity index is 2.11. The molecule has 0 aliphatic carbocycles. The molecule has 0 bridgehead atoms. The van der Waals surface area contributed by atoms with Crippen LogP contribution < -0.4 is 5.32 Å². The summed E-state index contributed by atoms with van der Waals surface area (Å²) in [6.07, 6.45) is 0. The second kappa shape index (κ2) is 4.38. The van der Waals surface area contributed by atoms with E-state index in [1.807, 2.05) is 0 Å². The number of carbonyl (C=O) groups is 2. The van der Waals surface area contributed by atoms with Gasteiger partial charge >= 0.3 is 5.97 Å². The van der Waals surface area contributed by atoms with Crippen LogP contribution in [0.5, 0.6) is 0 Å². The highest BCUT2D eigenvalue weighted by Crippen LogP contribution is 2.18. The third-order valence-electron chi connectivity index (χ3n) is 1.91. The Morgan fingerprint density at radius 1 is 1.41 bits per heavy atom. The number of aromatic nitrogens is 1. The number of carboxylic acids is 1. The molecule has 7 heteroatoms. The van der Waals surface area contributed by atoms with Crippen LogP contribution in [0.25, 0.3) is 0 Å². The van der Waals surface area contributed by atoms with E-state index in [0.29, 0.717) is 10.6 Å². The normalized spacial score (nSPS) is 10.2. The fourth-order valence-electron chi connectivity index (χ4n) is 1.17. The van der Waals surface area contributed by atoms with E-state index < -0.39 is 11.9 Å². The first-order valence-corrected chi connectivity index (χ1v) is 5.45. The highest BCUT2D eigenvalue weighted by atomic mass is 32.1. The monoisotopic (exact) mass is 252 g/mol. The zero-order valence-corrected chi connectivity index (χ0v) is 9.58. The van der Waals surface area contributed by atoms with E-state index in [2.05, 4.69) is 10.5 Å². The number of hydrogen-bond acceptors (Lipinski definition) is 5. The predicted molar refractivity (Wildman–Crippen MR) is 60.5 cm³/mol. The topological polar surface area (TPSA) is 92.4 Å². The van der Waals surface area contributed by atoms with Gasteiger partial charge in [-0.15, -0.1) is 11.3 Å². The first-order valence-electron chi connectivity index (χ1n) is 4.64. The number of nitrogens with zero attached hydrogens (tertiary/aromatic N) is 1. The molecule has 6 nitrogen and oxygen atoms in total. The SMILES string of the molecule is Cc1cc(NC(=O)c2ccc(C(=O)O)s2)on1. The van der Waals surface area contributed by atoms with E-state index in [4.69, 9.17) is 9.63 Å². The van der Waals surface area contributed by atoms with Crippen LogP contribution in [-0.2, 0) is 0 Å². The van der Waals surface area contributed by atoms with Gasteiger partial charge in [0.15, 0.2) is 0 Å². The molecule has 2 N–H and O–H groups in total. The molecule has 2 heterocycles. The molecular weight excluding hydrogens is 244 g/mol. The molecule has 0 aliphatic rings. The molecule has 0 radical (unpaired) electrons. The van der Waals surface area contributed by atoms with Crippen LogP contribution in [0.4, 0.5) is 5.88 Å². The van der Waals surface area contributed by atoms with Crippen LogP contribution in [0.2, 0.25) is 0 Å². The Kier molecular flexibility index (Phi) is 2.92. The lowest BCUT2D eigenvalue weighted by atomic mass is 10.4. The van der Waals surface area contributed by atoms with Crippen molar-refractivity contribution in [2.75, 3.05) is 5.32 Å². The van der Waals surface area contributed by atoms with Gasteiger partial charge < -0.3 is 9.63 Å². The van der Waals surface area contributed by atoms with Gasteiger partial charge in [-0.25, -0.2) is 4.79 Å². The third kappa shape index (κ3) is 2.51. The first kappa shape index (κ1) is 11.3. The van der Waals surface area contributed by atoms with Gasteiger partial charge in [0.1, 0.15) is 4.88 Å². The standard InChI is InChI=1S/C10H8N2O4S/c1-5-4-8(16-12-5)11-9(13)6-2-3-7(17-6)10(14)15/h2-4H,1H3,(H,11,13)(H,14,15). The predicted octanol–water partition coefficient (Wildman–Crippen LogP) is 2.00. The summed E-state index contributed by atoms with van der Waals surface area (Å²) in [5.41, 5.74) is 0.651. The number of carboxylic acid groups (broad SMARTS) is 1. The number of aryl methyl sites for hydroxylation is 1. The fraction of sp³-hybridized carbons (Fsp3) is 0.100. The van der Waals surface area contributed by atoms with Gasteiger partial charge in [0.2, 0.25) is 5.88 Å². The van der Waals surface area contributed by atoms with Crippen molar-refractivity contribution in [1.82, 2.24) is 5.16 Å². The molecule has 2 aromatic heterocycles. The summed E-state index contributed by atoms with van der Waals surface area (Å²) in [7, 11) is 0. The van der Waals surface area contributed by atoms with Gasteiger partial charge in [-0.2, -0.15) is 0 Å². The van der Waals surface area contributed by atoms with Gasteiger partial charge in [0.25, 0.3) is 5.91 Å². The largest absolute Gasteiger partial charge is 0.477 e. The summed E-state index contributed by atoms with van der Waals surface area (Å²) < 4.78 is 4.82. The molecule has 2 aromatic rings. The summed E-state index contributed by atoms with van der Waals surface area (Å²) >= 11 is 0.901. The molecule has 17 heavy (non-hydrogen) atoms. The molecule has 0 unspecified atom stereocenters. The highest BCUT2D eigenvalue weighted by Gasteiger charge is 2.14. The van der Waals surface area contributed by atoms with Crippen LogP contribution >= 0.6 is 11.3 Å². The van der Waals surface area contributed by atoms with Crippen molar-refractivity contribution in [3.8, 4) is 0 Å². The third-order valence-corrected chi connectivity index (χ3v) is 2.98. The number of rotatable bonds is 3. The fourth-order valence-corrected chi connectivity index (χ4v) is 1.91. The van der Waals surface area contributed by atoms with E-state index >= 15 is 0 Å². The summed E-state index contributed by atoms with van der Waals surface area (Å²) in [6.45, 7) is 1.73. The number of aromatic carboxylic acids is 1. The maximum absolute atomic E-state index is 11.7. The van der Waals surface area contributed by atoms with Gasteiger partial charge in [0.05, 0.1) is 10.6 Å². The minimum absolute atomic E-state index is 0.115. The minimum atomic E-state index is -1.05. The number of anilines is 1. The lowest BCUT2D eigenvalue weighted by Crippen LogP contribution is -2.09. The average Bonchev–Trinajstić information content (AvgIpc) is 2.86. The van der Waals surface area contributed by atoms with Gasteiger partial charge in [0, 0.05) is 6.07 Å². The van der Waals surface area contributed by atoms with Crippen molar-refractivity contribution in [3.05, 3.63) is 33.6 Å². The molecule has 2 rings (SSSR count). The minimum Gasteiger partial charge on any atom is -0.477 e. The molecule has 0 saturated heterocycles. The molecule has 0 atom stereocenters. The zero-order valence-electron chi connectivity index (χ0n) is 8.76. The van der Waals surface area contributed by atoms with Crippen molar-refractivity contribution < 1.29 is 19.2 Å². The average molecular weight is 252 g/mol. The highest BCUT2D eigenvalue weighted by molar-refractivity contribution is 7.15. The lowest BCUT2D eigenvalue weighted by molar-refractivity contribution is 0.0702. The number of carbonyl (C=O) groups excluding carboxylic acids is 1. The summed E-state index contributed by atoms with van der Waals surface area (Å²) in [6, 6.07) is 4.41. The molecule has 1 amide bonds. The Morgan fingerprint density at radius 2 is 2.12 bits per heavy atom. The van der Waals surface area contributed by atoms with Crippen LogP contribution in [-0.4, -0.2) is 22.1 Å². The Labute approximate surface area is 99.9 Å². The number of nitrogens with one attached hydrogen (secondary N) is 1. The van der Waals surface area contributed by atoms with Crippen molar-refractivity contribution in [2.24, 2.45) is 0 Å². The van der Waals surface area contributed by atoms with Gasteiger partial charge in [-0.05, 0) is 19.1 Å². The van der Waals surface area contributed by atoms with Gasteiger partial charge in [-0.3, -0.25) is 10.1 Å². The lowest BCUT2D eigenvalue weighted by Gasteiger charge is -1.96. The van der Waals surface area contributed by atoms with Crippen molar-refractivity contribution in [2.45, 2.75) is 6.92 Å². The molecule has 0 aliphatic heterocycles. The van der Waals surface area contributed by atoms with E-state index in [-0.39, 0.29) is 10.8 Å². The van der Waals surface area contributed by atoms with Crippen molar-refractivity contribution in [1.29, 1.82) is 0 Å². The summed E-state index contributed by atoms with van der Waals surface area (Å²) in [4.78, 5) is 22.7. The number of thiophene rings is 1. The smallest absolute Gasteiger partial charge is 0.345 e. The molecule has 0 aromatic carbocycles. The van der Waals surface area contributed by atoms with E-state index in [1.54, 1.807) is 13.0 Å². The van der Waals surface area contributed by atoms with Crippen LogP contribution in [0.3, 0.4) is 0 Å². The maximum Gasteiger partial charge on any atom is 0.345 e. The van der Waals surface area contributed by atoms with Crippen LogP contribution in [0.15, 0.2) is 22.7 Å². The van der Waals surface area contributed by atoms with E-state index in [1.165, 1.54) is 12.1 Å². The Morgan fingerprint density at radius 3 is 2.65 bits per heavy atom. The molecule has 88 valence electrons. The summed E-state index contributed by atoms with van der Waals surface area (Å²) in [5, 5.41) is 14.8. The molecule has 0 saturated carbocycles. The molecule has 0 spiro atoms. The van der Waals surface area contributed by atoms with E-state index in [9.17, 15) is 9.59 Å². The number of hydrogen-bond donors (Lipinski definition) is 2. The quantitative estimate of drug-likeness (QED) is 0.871. The van der Waals surface area contributed by atoms with E-state index in [0.717, 1.165) is 11.3 Å².